The highest BCUT2D eigenvalue weighted by Crippen LogP contribution is 2.19. The topological polar surface area (TPSA) is 92.4 Å². The Morgan fingerprint density at radius 1 is 1.40 bits per heavy atom. The van der Waals surface area contributed by atoms with E-state index in [0.29, 0.717) is 31.1 Å². The van der Waals surface area contributed by atoms with Crippen molar-refractivity contribution in [3.05, 3.63) is 36.4 Å². The minimum Gasteiger partial charge on any atom is -0.467 e. The van der Waals surface area contributed by atoms with Gasteiger partial charge in [-0.3, -0.25) is 10.1 Å². The Labute approximate surface area is 146 Å². The van der Waals surface area contributed by atoms with E-state index in [0.717, 1.165) is 19.4 Å². The van der Waals surface area contributed by atoms with Crippen LogP contribution < -0.4 is 10.6 Å². The van der Waals surface area contributed by atoms with Crippen LogP contribution in [-0.4, -0.2) is 39.2 Å². The number of carbonyl (C=O) groups is 2. The predicted octanol–water partition coefficient (Wildman–Crippen LogP) is 2.20. The maximum atomic E-state index is 12.6. The zero-order valence-corrected chi connectivity index (χ0v) is 14.3. The Kier molecular flexibility index (Phi) is 5.37. The summed E-state index contributed by atoms with van der Waals surface area (Å²) in [5.74, 6) is 1.17. The number of rotatable bonds is 6. The summed E-state index contributed by atoms with van der Waals surface area (Å²) in [6.45, 7) is 3.66. The molecule has 0 radical (unpaired) electrons. The number of nitrogens with one attached hydrogen (secondary N) is 2. The van der Waals surface area contributed by atoms with Crippen LogP contribution in [0.2, 0.25) is 0 Å². The van der Waals surface area contributed by atoms with Crippen LogP contribution >= 0.6 is 0 Å². The average Bonchev–Trinajstić information content (AvgIpc) is 3.35. The van der Waals surface area contributed by atoms with E-state index in [-0.39, 0.29) is 11.9 Å². The number of amides is 3. The summed E-state index contributed by atoms with van der Waals surface area (Å²) in [6.07, 6.45) is 5.61. The summed E-state index contributed by atoms with van der Waals surface area (Å²) in [6, 6.07) is 4.60. The van der Waals surface area contributed by atoms with Gasteiger partial charge in [-0.05, 0) is 31.4 Å². The minimum absolute atomic E-state index is 0.161. The Bertz CT molecular complexity index is 710. The first kappa shape index (κ1) is 17.1. The van der Waals surface area contributed by atoms with Gasteiger partial charge in [0.05, 0.1) is 19.0 Å². The van der Waals surface area contributed by atoms with Crippen LogP contribution in [0.4, 0.5) is 10.6 Å². The third kappa shape index (κ3) is 4.01. The van der Waals surface area contributed by atoms with E-state index >= 15 is 0 Å². The van der Waals surface area contributed by atoms with Gasteiger partial charge in [-0.1, -0.05) is 6.92 Å². The Hall–Kier alpha value is -2.77. The normalized spacial score (nSPS) is 16.8. The molecule has 1 aliphatic heterocycles. The van der Waals surface area contributed by atoms with E-state index in [1.807, 2.05) is 6.92 Å². The summed E-state index contributed by atoms with van der Waals surface area (Å²) < 4.78 is 6.96. The molecule has 0 bridgehead atoms. The van der Waals surface area contributed by atoms with Gasteiger partial charge < -0.3 is 14.6 Å². The zero-order valence-electron chi connectivity index (χ0n) is 14.3. The molecular formula is C17H23N5O3. The van der Waals surface area contributed by atoms with Crippen molar-refractivity contribution in [3.8, 4) is 0 Å². The van der Waals surface area contributed by atoms with Crippen LogP contribution in [0.15, 0.2) is 35.1 Å². The number of carbonyl (C=O) groups excluding carboxylic acids is 2. The predicted molar refractivity (Wildman–Crippen MR) is 91.8 cm³/mol. The van der Waals surface area contributed by atoms with Gasteiger partial charge in [0, 0.05) is 19.2 Å². The molecule has 134 valence electrons. The van der Waals surface area contributed by atoms with Gasteiger partial charge in [0.2, 0.25) is 5.91 Å². The summed E-state index contributed by atoms with van der Waals surface area (Å²) in [7, 11) is 0. The molecule has 25 heavy (non-hydrogen) atoms. The lowest BCUT2D eigenvalue weighted by Gasteiger charge is -2.24. The van der Waals surface area contributed by atoms with Crippen LogP contribution in [0.3, 0.4) is 0 Å². The van der Waals surface area contributed by atoms with Gasteiger partial charge in [-0.25, -0.2) is 9.48 Å². The molecule has 0 saturated carbocycles. The van der Waals surface area contributed by atoms with Gasteiger partial charge in [-0.15, -0.1) is 0 Å². The second-order valence-corrected chi connectivity index (χ2v) is 6.02. The van der Waals surface area contributed by atoms with Crippen molar-refractivity contribution >= 4 is 17.8 Å². The molecule has 0 aliphatic carbocycles. The summed E-state index contributed by atoms with van der Waals surface area (Å²) >= 11 is 0. The SMILES string of the molecule is CCCn1nccc1NC(=O)N1CCCC1C(=O)NCc1ccco1. The van der Waals surface area contributed by atoms with Crippen LogP contribution in [-0.2, 0) is 17.9 Å². The lowest BCUT2D eigenvalue weighted by atomic mass is 10.2. The highest BCUT2D eigenvalue weighted by atomic mass is 16.3. The standard InChI is InChI=1S/C17H23N5O3/c1-2-9-22-15(7-8-19-22)20-17(24)21-10-3-6-14(21)16(23)18-12-13-5-4-11-25-13/h4-5,7-8,11,14H,2-3,6,9-10,12H2,1H3,(H,18,23)(H,20,24). The third-order valence-corrected chi connectivity index (χ3v) is 4.22. The highest BCUT2D eigenvalue weighted by Gasteiger charge is 2.34. The van der Waals surface area contributed by atoms with Crippen LogP contribution in [0.5, 0.6) is 0 Å². The first-order valence-corrected chi connectivity index (χ1v) is 8.58. The van der Waals surface area contributed by atoms with Gasteiger partial charge in [0.15, 0.2) is 0 Å². The number of hydrogen-bond acceptors (Lipinski definition) is 4. The monoisotopic (exact) mass is 345 g/mol. The molecule has 8 heteroatoms. The molecule has 1 aliphatic rings. The number of anilines is 1. The second-order valence-electron chi connectivity index (χ2n) is 6.02. The first-order valence-electron chi connectivity index (χ1n) is 8.58. The van der Waals surface area contributed by atoms with Crippen molar-refractivity contribution in [3.63, 3.8) is 0 Å². The van der Waals surface area contributed by atoms with E-state index in [4.69, 9.17) is 4.42 Å². The molecule has 8 nitrogen and oxygen atoms in total. The quantitative estimate of drug-likeness (QED) is 0.839. The molecule has 3 rings (SSSR count). The van der Waals surface area contributed by atoms with Gasteiger partial charge in [-0.2, -0.15) is 5.10 Å². The van der Waals surface area contributed by atoms with E-state index in [2.05, 4.69) is 15.7 Å². The van der Waals surface area contributed by atoms with E-state index in [1.165, 1.54) is 0 Å². The molecule has 1 saturated heterocycles. The zero-order chi connectivity index (χ0) is 17.6. The van der Waals surface area contributed by atoms with Crippen LogP contribution in [0, 0.1) is 0 Å². The molecule has 0 spiro atoms. The van der Waals surface area contributed by atoms with Crippen molar-refractivity contribution < 1.29 is 14.0 Å². The maximum absolute atomic E-state index is 12.6. The van der Waals surface area contributed by atoms with E-state index in [1.54, 1.807) is 40.2 Å². The fourth-order valence-electron chi connectivity index (χ4n) is 3.00. The highest BCUT2D eigenvalue weighted by molar-refractivity contribution is 5.93. The number of hydrogen-bond donors (Lipinski definition) is 2. The van der Waals surface area contributed by atoms with Crippen molar-refractivity contribution in [2.45, 2.75) is 45.3 Å². The van der Waals surface area contributed by atoms with Crippen molar-refractivity contribution in [1.29, 1.82) is 0 Å². The molecule has 2 aromatic heterocycles. The molecule has 2 aromatic rings. The van der Waals surface area contributed by atoms with Crippen molar-refractivity contribution in [1.82, 2.24) is 20.0 Å². The Morgan fingerprint density at radius 2 is 2.28 bits per heavy atom. The second kappa shape index (κ2) is 7.87. The van der Waals surface area contributed by atoms with Crippen molar-refractivity contribution in [2.24, 2.45) is 0 Å². The van der Waals surface area contributed by atoms with Crippen LogP contribution in [0.1, 0.15) is 31.9 Å². The number of likely N-dealkylation sites (tertiary alicyclic amines) is 1. The Morgan fingerprint density at radius 3 is 3.04 bits per heavy atom. The number of nitrogens with zero attached hydrogens (tertiary/aromatic N) is 3. The van der Waals surface area contributed by atoms with Gasteiger partial charge in [0.25, 0.3) is 0 Å². The lowest BCUT2D eigenvalue weighted by Crippen LogP contribution is -2.47. The number of urea groups is 1. The molecule has 3 amide bonds. The van der Waals surface area contributed by atoms with Crippen molar-refractivity contribution in [2.75, 3.05) is 11.9 Å². The smallest absolute Gasteiger partial charge is 0.323 e. The fourth-order valence-corrected chi connectivity index (χ4v) is 3.00. The summed E-state index contributed by atoms with van der Waals surface area (Å²) in [5, 5.41) is 9.88. The number of aromatic nitrogens is 2. The molecule has 1 atom stereocenters. The maximum Gasteiger partial charge on any atom is 0.323 e. The largest absolute Gasteiger partial charge is 0.467 e. The lowest BCUT2D eigenvalue weighted by molar-refractivity contribution is -0.124. The first-order chi connectivity index (χ1) is 12.2. The molecule has 0 aromatic carbocycles. The Balaban J connectivity index is 1.59. The third-order valence-electron chi connectivity index (χ3n) is 4.22. The fraction of sp³-hybridized carbons (Fsp3) is 0.471. The molecule has 2 N–H and O–H groups in total. The van der Waals surface area contributed by atoms with Gasteiger partial charge >= 0.3 is 6.03 Å². The number of furan rings is 1. The summed E-state index contributed by atoms with van der Waals surface area (Å²) in [5.41, 5.74) is 0. The minimum atomic E-state index is -0.461. The number of aryl methyl sites for hydroxylation is 1. The molecule has 1 unspecified atom stereocenters. The average molecular weight is 345 g/mol. The van der Waals surface area contributed by atoms with Gasteiger partial charge in [0.1, 0.15) is 17.6 Å². The van der Waals surface area contributed by atoms with Crippen LogP contribution in [0.25, 0.3) is 0 Å². The van der Waals surface area contributed by atoms with E-state index in [9.17, 15) is 9.59 Å². The molecule has 3 heterocycles. The molecular weight excluding hydrogens is 322 g/mol. The molecule has 1 fully saturated rings. The summed E-state index contributed by atoms with van der Waals surface area (Å²) in [4.78, 5) is 26.6. The van der Waals surface area contributed by atoms with E-state index < -0.39 is 6.04 Å².